The van der Waals surface area contributed by atoms with Gasteiger partial charge in [0.05, 0.1) is 12.7 Å². The van der Waals surface area contributed by atoms with E-state index in [1.807, 2.05) is 0 Å². The van der Waals surface area contributed by atoms with E-state index < -0.39 is 30.9 Å². The number of ether oxygens (including phenoxy) is 1. The molecule has 164 valence electrons. The van der Waals surface area contributed by atoms with Crippen LogP contribution < -0.4 is 15.0 Å². The van der Waals surface area contributed by atoms with Crippen molar-refractivity contribution in [2.24, 2.45) is 0 Å². The summed E-state index contributed by atoms with van der Waals surface area (Å²) in [5.41, 5.74) is 2.12. The SMILES string of the molecule is CCN(CC)S(=O)(=O)c1ccc(NNS(=O)(=O)c2cc(C(=O)O)ccc2OC)nc1. The van der Waals surface area contributed by atoms with Crippen LogP contribution in [0.25, 0.3) is 0 Å². The normalized spacial score (nSPS) is 12.0. The van der Waals surface area contributed by atoms with E-state index in [1.54, 1.807) is 13.8 Å². The minimum atomic E-state index is -4.23. The van der Waals surface area contributed by atoms with Gasteiger partial charge in [0.25, 0.3) is 10.0 Å². The summed E-state index contributed by atoms with van der Waals surface area (Å²) in [5.74, 6) is -1.32. The lowest BCUT2D eigenvalue weighted by Gasteiger charge is -2.18. The average Bonchev–Trinajstić information content (AvgIpc) is 2.72. The highest BCUT2D eigenvalue weighted by atomic mass is 32.2. The van der Waals surface area contributed by atoms with E-state index in [2.05, 4.69) is 15.2 Å². The number of benzene rings is 1. The molecule has 1 aromatic heterocycles. The third kappa shape index (κ3) is 5.05. The first-order valence-corrected chi connectivity index (χ1v) is 11.6. The molecule has 2 aromatic rings. The number of aromatic nitrogens is 1. The summed E-state index contributed by atoms with van der Waals surface area (Å²) in [6, 6.07) is 5.98. The van der Waals surface area contributed by atoms with Gasteiger partial charge >= 0.3 is 5.97 Å². The van der Waals surface area contributed by atoms with Gasteiger partial charge in [-0.25, -0.2) is 26.6 Å². The number of carbonyl (C=O) groups is 1. The Morgan fingerprint density at radius 2 is 1.80 bits per heavy atom. The molecule has 0 saturated heterocycles. The van der Waals surface area contributed by atoms with E-state index in [0.29, 0.717) is 13.1 Å². The number of methoxy groups -OCH3 is 1. The van der Waals surface area contributed by atoms with Gasteiger partial charge in [-0.1, -0.05) is 13.8 Å². The lowest BCUT2D eigenvalue weighted by molar-refractivity contribution is 0.0696. The summed E-state index contributed by atoms with van der Waals surface area (Å²) in [7, 11) is -6.68. The zero-order chi connectivity index (χ0) is 22.5. The number of carboxylic acid groups (broad SMARTS) is 1. The van der Waals surface area contributed by atoms with E-state index in [9.17, 15) is 21.6 Å². The first kappa shape index (κ1) is 23.5. The van der Waals surface area contributed by atoms with E-state index in [1.165, 1.54) is 35.7 Å². The molecule has 13 heteroatoms. The number of sulfonamides is 2. The Morgan fingerprint density at radius 1 is 1.13 bits per heavy atom. The number of anilines is 1. The minimum absolute atomic E-state index is 0.0320. The minimum Gasteiger partial charge on any atom is -0.495 e. The van der Waals surface area contributed by atoms with Crippen LogP contribution in [0.2, 0.25) is 0 Å². The maximum atomic E-state index is 12.6. The standard InChI is InChI=1S/C17H22N4O7S2/c1-4-21(5-2)30(26,27)13-7-9-16(18-11-13)19-20-29(24,25)15-10-12(17(22)23)6-8-14(15)28-3/h6-11,20H,4-5H2,1-3H3,(H,18,19)(H,22,23). The number of nitrogens with one attached hydrogen (secondary N) is 2. The van der Waals surface area contributed by atoms with Gasteiger partial charge in [0, 0.05) is 19.3 Å². The molecule has 0 spiro atoms. The summed E-state index contributed by atoms with van der Waals surface area (Å²) in [6.45, 7) is 4.03. The Labute approximate surface area is 174 Å². The van der Waals surface area contributed by atoms with Crippen molar-refractivity contribution in [3.05, 3.63) is 42.1 Å². The van der Waals surface area contributed by atoms with E-state index in [-0.39, 0.29) is 22.0 Å². The number of carboxylic acids is 1. The van der Waals surface area contributed by atoms with Crippen molar-refractivity contribution >= 4 is 31.8 Å². The number of nitrogens with zero attached hydrogens (tertiary/aromatic N) is 2. The Bertz CT molecular complexity index is 1110. The summed E-state index contributed by atoms with van der Waals surface area (Å²) in [6.07, 6.45) is 1.11. The predicted molar refractivity (Wildman–Crippen MR) is 108 cm³/mol. The quantitative estimate of drug-likeness (QED) is 0.444. The molecular weight excluding hydrogens is 436 g/mol. The van der Waals surface area contributed by atoms with Gasteiger partial charge in [0.2, 0.25) is 10.0 Å². The van der Waals surface area contributed by atoms with Crippen LogP contribution in [0.3, 0.4) is 0 Å². The summed E-state index contributed by atoms with van der Waals surface area (Å²) in [4.78, 5) is 16.7. The molecule has 0 aliphatic heterocycles. The summed E-state index contributed by atoms with van der Waals surface area (Å²) < 4.78 is 56.3. The highest BCUT2D eigenvalue weighted by Crippen LogP contribution is 2.25. The number of hydrogen-bond donors (Lipinski definition) is 3. The monoisotopic (exact) mass is 458 g/mol. The molecule has 1 heterocycles. The maximum Gasteiger partial charge on any atom is 0.335 e. The highest BCUT2D eigenvalue weighted by Gasteiger charge is 2.23. The summed E-state index contributed by atoms with van der Waals surface area (Å²) in [5, 5.41) is 9.08. The third-order valence-corrected chi connectivity index (χ3v) is 7.40. The maximum absolute atomic E-state index is 12.6. The molecule has 0 amide bonds. The number of hydrogen-bond acceptors (Lipinski definition) is 8. The zero-order valence-electron chi connectivity index (χ0n) is 16.5. The molecule has 3 N–H and O–H groups in total. The smallest absolute Gasteiger partial charge is 0.335 e. The zero-order valence-corrected chi connectivity index (χ0v) is 18.1. The molecule has 0 fully saturated rings. The topological polar surface area (TPSA) is 155 Å². The molecule has 0 aliphatic rings. The van der Waals surface area contributed by atoms with Crippen LogP contribution in [0.5, 0.6) is 5.75 Å². The average molecular weight is 459 g/mol. The van der Waals surface area contributed by atoms with Crippen LogP contribution in [0, 0.1) is 0 Å². The van der Waals surface area contributed by atoms with Crippen molar-refractivity contribution < 1.29 is 31.5 Å². The second kappa shape index (κ2) is 9.38. The van der Waals surface area contributed by atoms with Crippen molar-refractivity contribution in [2.45, 2.75) is 23.6 Å². The fraction of sp³-hybridized carbons (Fsp3) is 0.294. The number of rotatable bonds is 10. The first-order valence-electron chi connectivity index (χ1n) is 8.72. The third-order valence-electron chi connectivity index (χ3n) is 4.09. The van der Waals surface area contributed by atoms with E-state index in [0.717, 1.165) is 12.3 Å². The van der Waals surface area contributed by atoms with Crippen molar-refractivity contribution in [1.82, 2.24) is 14.1 Å². The van der Waals surface area contributed by atoms with E-state index >= 15 is 0 Å². The van der Waals surface area contributed by atoms with Crippen molar-refractivity contribution in [3.63, 3.8) is 0 Å². The van der Waals surface area contributed by atoms with Gasteiger partial charge in [0.15, 0.2) is 0 Å². The first-order chi connectivity index (χ1) is 14.1. The van der Waals surface area contributed by atoms with Crippen LogP contribution in [0.4, 0.5) is 5.82 Å². The van der Waals surface area contributed by atoms with Crippen molar-refractivity contribution in [1.29, 1.82) is 0 Å². The Kier molecular flexibility index (Phi) is 7.36. The molecule has 1 aromatic carbocycles. The molecule has 0 radical (unpaired) electrons. The highest BCUT2D eigenvalue weighted by molar-refractivity contribution is 7.89. The van der Waals surface area contributed by atoms with Crippen molar-refractivity contribution in [2.75, 3.05) is 25.6 Å². The van der Waals surface area contributed by atoms with Crippen LogP contribution >= 0.6 is 0 Å². The van der Waals surface area contributed by atoms with Gasteiger partial charge in [-0.05, 0) is 30.3 Å². The van der Waals surface area contributed by atoms with Crippen LogP contribution in [-0.2, 0) is 20.0 Å². The largest absolute Gasteiger partial charge is 0.495 e. The lowest BCUT2D eigenvalue weighted by Crippen LogP contribution is -2.31. The molecule has 0 saturated carbocycles. The second-order valence-corrected chi connectivity index (χ2v) is 9.46. The number of pyridine rings is 1. The van der Waals surface area contributed by atoms with Gasteiger partial charge < -0.3 is 9.84 Å². The van der Waals surface area contributed by atoms with Crippen LogP contribution in [-0.4, -0.2) is 57.4 Å². The lowest BCUT2D eigenvalue weighted by atomic mass is 10.2. The van der Waals surface area contributed by atoms with Gasteiger partial charge in [-0.3, -0.25) is 5.43 Å². The Hall–Kier alpha value is -2.74. The molecular formula is C17H22N4O7S2. The van der Waals surface area contributed by atoms with Gasteiger partial charge in [-0.15, -0.1) is 4.83 Å². The van der Waals surface area contributed by atoms with Crippen LogP contribution in [0.15, 0.2) is 46.3 Å². The van der Waals surface area contributed by atoms with E-state index in [4.69, 9.17) is 9.84 Å². The molecule has 0 aliphatic carbocycles. The van der Waals surface area contributed by atoms with Crippen molar-refractivity contribution in [3.8, 4) is 5.75 Å². The molecule has 30 heavy (non-hydrogen) atoms. The number of aromatic carboxylic acids is 1. The second-order valence-electron chi connectivity index (χ2n) is 5.87. The van der Waals surface area contributed by atoms with Crippen LogP contribution in [0.1, 0.15) is 24.2 Å². The Morgan fingerprint density at radius 3 is 2.30 bits per heavy atom. The van der Waals surface area contributed by atoms with Gasteiger partial charge in [-0.2, -0.15) is 4.31 Å². The fourth-order valence-electron chi connectivity index (χ4n) is 2.51. The number of hydrazine groups is 1. The Balaban J connectivity index is 2.23. The molecule has 0 atom stereocenters. The molecule has 0 bridgehead atoms. The summed E-state index contributed by atoms with van der Waals surface area (Å²) >= 11 is 0. The molecule has 2 rings (SSSR count). The molecule has 11 nitrogen and oxygen atoms in total. The fourth-order valence-corrected chi connectivity index (χ4v) is 4.96. The molecule has 0 unspecified atom stereocenters. The predicted octanol–water partition coefficient (Wildman–Crippen LogP) is 1.12. The van der Waals surface area contributed by atoms with Gasteiger partial charge in [0.1, 0.15) is 21.4 Å².